The number of nitrogens with zero attached hydrogens (tertiary/aromatic N) is 2. The van der Waals surface area contributed by atoms with Crippen molar-refractivity contribution in [2.24, 2.45) is 5.73 Å². The molecule has 5 heteroatoms. The first kappa shape index (κ1) is 14.4. The standard InChI is InChI=1S/C14H17Cl2N3/c1-3-19-14(6-9(2)18-19)13(17)8-10-7-11(15)4-5-12(10)16/h4-7,13H,3,8,17H2,1-2H3. The Morgan fingerprint density at radius 1 is 1.32 bits per heavy atom. The molecule has 1 unspecified atom stereocenters. The van der Waals surface area contributed by atoms with Gasteiger partial charge in [-0.1, -0.05) is 23.2 Å². The summed E-state index contributed by atoms with van der Waals surface area (Å²) in [7, 11) is 0. The predicted molar refractivity (Wildman–Crippen MR) is 79.7 cm³/mol. The summed E-state index contributed by atoms with van der Waals surface area (Å²) in [5, 5.41) is 5.78. The summed E-state index contributed by atoms with van der Waals surface area (Å²) in [6.45, 7) is 4.82. The van der Waals surface area contributed by atoms with Gasteiger partial charge in [0.2, 0.25) is 0 Å². The highest BCUT2D eigenvalue weighted by atomic mass is 35.5. The van der Waals surface area contributed by atoms with Crippen LogP contribution in [0.5, 0.6) is 0 Å². The number of rotatable bonds is 4. The zero-order valence-electron chi connectivity index (χ0n) is 11.0. The van der Waals surface area contributed by atoms with Gasteiger partial charge in [0.15, 0.2) is 0 Å². The van der Waals surface area contributed by atoms with Gasteiger partial charge in [-0.3, -0.25) is 4.68 Å². The average molecular weight is 298 g/mol. The maximum absolute atomic E-state index is 6.27. The summed E-state index contributed by atoms with van der Waals surface area (Å²) in [4.78, 5) is 0. The molecule has 1 aromatic carbocycles. The van der Waals surface area contributed by atoms with Crippen LogP contribution in [0.25, 0.3) is 0 Å². The molecule has 0 saturated heterocycles. The average Bonchev–Trinajstić information content (AvgIpc) is 2.75. The molecule has 0 radical (unpaired) electrons. The van der Waals surface area contributed by atoms with Crippen molar-refractivity contribution in [3.8, 4) is 0 Å². The van der Waals surface area contributed by atoms with Gasteiger partial charge in [-0.05, 0) is 50.1 Å². The second-order valence-corrected chi connectivity index (χ2v) is 5.42. The van der Waals surface area contributed by atoms with Gasteiger partial charge in [0, 0.05) is 16.6 Å². The quantitative estimate of drug-likeness (QED) is 0.934. The summed E-state index contributed by atoms with van der Waals surface area (Å²) >= 11 is 12.2. The van der Waals surface area contributed by atoms with E-state index in [1.54, 1.807) is 12.1 Å². The second kappa shape index (κ2) is 5.95. The maximum atomic E-state index is 6.27. The number of halogens is 2. The van der Waals surface area contributed by atoms with Crippen molar-refractivity contribution in [1.82, 2.24) is 9.78 Å². The number of hydrogen-bond acceptors (Lipinski definition) is 2. The Kier molecular flexibility index (Phi) is 4.50. The van der Waals surface area contributed by atoms with Crippen molar-refractivity contribution in [1.29, 1.82) is 0 Å². The number of aromatic nitrogens is 2. The van der Waals surface area contributed by atoms with E-state index in [0.717, 1.165) is 23.5 Å². The Hall–Kier alpha value is -1.03. The summed E-state index contributed by atoms with van der Waals surface area (Å²) < 4.78 is 1.93. The third kappa shape index (κ3) is 3.30. The van der Waals surface area contributed by atoms with Gasteiger partial charge in [-0.2, -0.15) is 5.10 Å². The lowest BCUT2D eigenvalue weighted by Gasteiger charge is -2.14. The van der Waals surface area contributed by atoms with E-state index in [1.807, 2.05) is 23.7 Å². The van der Waals surface area contributed by atoms with Crippen LogP contribution < -0.4 is 5.73 Å². The molecular weight excluding hydrogens is 281 g/mol. The molecule has 0 aliphatic heterocycles. The van der Waals surface area contributed by atoms with Crippen molar-refractivity contribution < 1.29 is 0 Å². The number of aryl methyl sites for hydroxylation is 2. The van der Waals surface area contributed by atoms with Crippen molar-refractivity contribution >= 4 is 23.2 Å². The molecule has 1 aromatic heterocycles. The maximum Gasteiger partial charge on any atom is 0.0597 e. The van der Waals surface area contributed by atoms with E-state index >= 15 is 0 Å². The number of benzene rings is 1. The van der Waals surface area contributed by atoms with Gasteiger partial charge in [0.1, 0.15) is 0 Å². The monoisotopic (exact) mass is 297 g/mol. The van der Waals surface area contributed by atoms with E-state index in [1.165, 1.54) is 0 Å². The molecule has 0 spiro atoms. The highest BCUT2D eigenvalue weighted by Crippen LogP contribution is 2.25. The van der Waals surface area contributed by atoms with Crippen LogP contribution in [0.4, 0.5) is 0 Å². The highest BCUT2D eigenvalue weighted by Gasteiger charge is 2.15. The lowest BCUT2D eigenvalue weighted by atomic mass is 10.0. The third-order valence-electron chi connectivity index (χ3n) is 3.06. The minimum absolute atomic E-state index is 0.142. The van der Waals surface area contributed by atoms with Gasteiger partial charge in [0.25, 0.3) is 0 Å². The minimum Gasteiger partial charge on any atom is -0.322 e. The van der Waals surface area contributed by atoms with Crippen LogP contribution in [-0.2, 0) is 13.0 Å². The van der Waals surface area contributed by atoms with Crippen LogP contribution in [0.1, 0.15) is 29.9 Å². The van der Waals surface area contributed by atoms with Crippen LogP contribution in [0.3, 0.4) is 0 Å². The Morgan fingerprint density at radius 3 is 2.74 bits per heavy atom. The largest absolute Gasteiger partial charge is 0.322 e. The topological polar surface area (TPSA) is 43.8 Å². The zero-order chi connectivity index (χ0) is 14.0. The molecule has 2 N–H and O–H groups in total. The first-order valence-corrected chi connectivity index (χ1v) is 7.00. The van der Waals surface area contributed by atoms with Crippen LogP contribution in [-0.4, -0.2) is 9.78 Å². The highest BCUT2D eigenvalue weighted by molar-refractivity contribution is 6.33. The van der Waals surface area contributed by atoms with E-state index in [2.05, 4.69) is 12.0 Å². The Labute approximate surface area is 123 Å². The van der Waals surface area contributed by atoms with Gasteiger partial charge in [-0.25, -0.2) is 0 Å². The molecule has 0 aliphatic carbocycles. The summed E-state index contributed by atoms with van der Waals surface area (Å²) in [5.74, 6) is 0. The molecule has 0 amide bonds. The molecule has 1 atom stereocenters. The van der Waals surface area contributed by atoms with Crippen molar-refractivity contribution in [3.05, 3.63) is 51.3 Å². The molecule has 19 heavy (non-hydrogen) atoms. The number of nitrogens with two attached hydrogens (primary N) is 1. The predicted octanol–water partition coefficient (Wildman–Crippen LogP) is 3.76. The summed E-state index contributed by atoms with van der Waals surface area (Å²) in [6, 6.07) is 7.32. The normalized spacial score (nSPS) is 12.7. The molecule has 0 fully saturated rings. The Bertz CT molecular complexity index is 578. The van der Waals surface area contributed by atoms with Crippen LogP contribution >= 0.6 is 23.2 Å². The fourth-order valence-electron chi connectivity index (χ4n) is 2.16. The number of hydrogen-bond donors (Lipinski definition) is 1. The van der Waals surface area contributed by atoms with Crippen molar-refractivity contribution in [3.63, 3.8) is 0 Å². The lowest BCUT2D eigenvalue weighted by Crippen LogP contribution is -2.18. The second-order valence-electron chi connectivity index (χ2n) is 4.57. The van der Waals surface area contributed by atoms with E-state index in [4.69, 9.17) is 28.9 Å². The molecule has 0 aliphatic rings. The van der Waals surface area contributed by atoms with Crippen molar-refractivity contribution in [2.45, 2.75) is 32.9 Å². The van der Waals surface area contributed by atoms with Crippen molar-refractivity contribution in [2.75, 3.05) is 0 Å². The Balaban J connectivity index is 2.25. The van der Waals surface area contributed by atoms with Gasteiger partial charge >= 0.3 is 0 Å². The smallest absolute Gasteiger partial charge is 0.0597 e. The molecule has 0 bridgehead atoms. The van der Waals surface area contributed by atoms with E-state index in [-0.39, 0.29) is 6.04 Å². The molecular formula is C14H17Cl2N3. The van der Waals surface area contributed by atoms with Gasteiger partial charge in [0.05, 0.1) is 17.4 Å². The molecule has 2 aromatic rings. The lowest BCUT2D eigenvalue weighted by molar-refractivity contribution is 0.566. The van der Waals surface area contributed by atoms with E-state index in [0.29, 0.717) is 16.5 Å². The zero-order valence-corrected chi connectivity index (χ0v) is 12.5. The SMILES string of the molecule is CCn1nc(C)cc1C(N)Cc1cc(Cl)ccc1Cl. The molecule has 3 nitrogen and oxygen atoms in total. The van der Waals surface area contributed by atoms with Crippen LogP contribution in [0.15, 0.2) is 24.3 Å². The first-order chi connectivity index (χ1) is 9.01. The van der Waals surface area contributed by atoms with E-state index < -0.39 is 0 Å². The summed E-state index contributed by atoms with van der Waals surface area (Å²) in [5.41, 5.74) is 9.23. The molecule has 1 heterocycles. The van der Waals surface area contributed by atoms with E-state index in [9.17, 15) is 0 Å². The fraction of sp³-hybridized carbons (Fsp3) is 0.357. The third-order valence-corrected chi connectivity index (χ3v) is 3.66. The van der Waals surface area contributed by atoms with Gasteiger partial charge in [-0.15, -0.1) is 0 Å². The first-order valence-electron chi connectivity index (χ1n) is 6.25. The minimum atomic E-state index is -0.142. The van der Waals surface area contributed by atoms with Crippen LogP contribution in [0, 0.1) is 6.92 Å². The summed E-state index contributed by atoms with van der Waals surface area (Å²) in [6.07, 6.45) is 0.643. The molecule has 0 saturated carbocycles. The fourth-order valence-corrected chi connectivity index (χ4v) is 2.55. The molecule has 2 rings (SSSR count). The molecule has 102 valence electrons. The Morgan fingerprint density at radius 2 is 2.05 bits per heavy atom. The van der Waals surface area contributed by atoms with Crippen LogP contribution in [0.2, 0.25) is 10.0 Å². The van der Waals surface area contributed by atoms with Gasteiger partial charge < -0.3 is 5.73 Å².